The Morgan fingerprint density at radius 2 is 1.93 bits per heavy atom. The van der Waals surface area contributed by atoms with Crippen molar-refractivity contribution >= 4 is 11.8 Å². The first-order valence-corrected chi connectivity index (χ1v) is 6.70. The summed E-state index contributed by atoms with van der Waals surface area (Å²) in [5.74, 6) is 1.22. The summed E-state index contributed by atoms with van der Waals surface area (Å²) in [4.78, 5) is 2.41. The van der Waals surface area contributed by atoms with Crippen LogP contribution in [0, 0.1) is 0 Å². The lowest BCUT2D eigenvalue weighted by Crippen LogP contribution is -2.45. The molecule has 0 heterocycles. The highest BCUT2D eigenvalue weighted by Gasteiger charge is 2.13. The van der Waals surface area contributed by atoms with Gasteiger partial charge in [0.25, 0.3) is 0 Å². The number of rotatable bonds is 6. The second-order valence-electron chi connectivity index (χ2n) is 4.95. The summed E-state index contributed by atoms with van der Waals surface area (Å²) < 4.78 is 0. The van der Waals surface area contributed by atoms with Crippen LogP contribution in [-0.4, -0.2) is 48.6 Å². The van der Waals surface area contributed by atoms with Crippen molar-refractivity contribution in [3.05, 3.63) is 0 Å². The fourth-order valence-corrected chi connectivity index (χ4v) is 1.54. The lowest BCUT2D eigenvalue weighted by Gasteiger charge is -2.29. The van der Waals surface area contributed by atoms with Crippen LogP contribution in [0.1, 0.15) is 27.7 Å². The molecule has 0 aromatic heterocycles. The van der Waals surface area contributed by atoms with E-state index in [2.05, 4.69) is 51.2 Å². The number of thioether (sulfide) groups is 1. The molecule has 14 heavy (non-hydrogen) atoms. The van der Waals surface area contributed by atoms with Gasteiger partial charge >= 0.3 is 0 Å². The van der Waals surface area contributed by atoms with Crippen LogP contribution in [0.4, 0.5) is 0 Å². The highest BCUT2D eigenvalue weighted by atomic mass is 32.2. The van der Waals surface area contributed by atoms with E-state index in [1.165, 1.54) is 12.3 Å². The molecule has 0 bridgehead atoms. The van der Waals surface area contributed by atoms with Crippen molar-refractivity contribution in [2.24, 2.45) is 0 Å². The van der Waals surface area contributed by atoms with Gasteiger partial charge in [-0.1, -0.05) is 0 Å². The van der Waals surface area contributed by atoms with Gasteiger partial charge in [0, 0.05) is 30.4 Å². The minimum absolute atomic E-state index is 0.231. The van der Waals surface area contributed by atoms with Gasteiger partial charge in [-0.15, -0.1) is 0 Å². The maximum Gasteiger partial charge on any atom is 0.0189 e. The standard InChI is InChI=1S/C11H26N2S/c1-10(9-12-11(2,3)4)13(5)7-8-14-6/h10,12H,7-9H2,1-6H3. The van der Waals surface area contributed by atoms with Gasteiger partial charge < -0.3 is 10.2 Å². The smallest absolute Gasteiger partial charge is 0.0189 e. The number of nitrogens with one attached hydrogen (secondary N) is 1. The molecule has 0 aromatic rings. The first kappa shape index (κ1) is 14.3. The SMILES string of the molecule is CSCCN(C)C(C)CNC(C)(C)C. The minimum atomic E-state index is 0.231. The van der Waals surface area contributed by atoms with Crippen LogP contribution in [0.3, 0.4) is 0 Å². The van der Waals surface area contributed by atoms with Crippen molar-refractivity contribution in [3.63, 3.8) is 0 Å². The Labute approximate surface area is 93.8 Å². The summed E-state index contributed by atoms with van der Waals surface area (Å²) in [6.07, 6.45) is 2.16. The Bertz CT molecular complexity index is 143. The fourth-order valence-electron chi connectivity index (χ4n) is 1.07. The van der Waals surface area contributed by atoms with E-state index in [4.69, 9.17) is 0 Å². The summed E-state index contributed by atoms with van der Waals surface area (Å²) in [5.41, 5.74) is 0.231. The summed E-state index contributed by atoms with van der Waals surface area (Å²) in [6.45, 7) is 11.1. The van der Waals surface area contributed by atoms with E-state index in [0.29, 0.717) is 6.04 Å². The average molecular weight is 218 g/mol. The Morgan fingerprint density at radius 3 is 2.36 bits per heavy atom. The molecule has 0 spiro atoms. The lowest BCUT2D eigenvalue weighted by molar-refractivity contribution is 0.248. The van der Waals surface area contributed by atoms with Crippen molar-refractivity contribution in [2.45, 2.75) is 39.3 Å². The summed E-state index contributed by atoms with van der Waals surface area (Å²) in [7, 11) is 2.20. The molecule has 86 valence electrons. The zero-order chi connectivity index (χ0) is 11.2. The zero-order valence-corrected chi connectivity index (χ0v) is 11.4. The third-order valence-electron chi connectivity index (χ3n) is 2.33. The van der Waals surface area contributed by atoms with E-state index in [1.54, 1.807) is 0 Å². The van der Waals surface area contributed by atoms with Gasteiger partial charge in [0.1, 0.15) is 0 Å². The molecule has 0 aliphatic carbocycles. The van der Waals surface area contributed by atoms with E-state index in [0.717, 1.165) is 6.54 Å². The van der Waals surface area contributed by atoms with Gasteiger partial charge in [0.2, 0.25) is 0 Å². The first-order valence-electron chi connectivity index (χ1n) is 5.31. The number of likely N-dealkylation sites (N-methyl/N-ethyl adjacent to an activating group) is 1. The van der Waals surface area contributed by atoms with Crippen LogP contribution in [0.2, 0.25) is 0 Å². The molecule has 1 unspecified atom stereocenters. The second-order valence-corrected chi connectivity index (χ2v) is 5.94. The molecule has 0 saturated carbocycles. The second kappa shape index (κ2) is 6.70. The van der Waals surface area contributed by atoms with Gasteiger partial charge in [0.05, 0.1) is 0 Å². The molecule has 0 amide bonds. The van der Waals surface area contributed by atoms with Crippen LogP contribution < -0.4 is 5.32 Å². The van der Waals surface area contributed by atoms with E-state index in [-0.39, 0.29) is 5.54 Å². The van der Waals surface area contributed by atoms with Crippen LogP contribution in [0.5, 0.6) is 0 Å². The monoisotopic (exact) mass is 218 g/mol. The normalized spacial score (nSPS) is 14.8. The van der Waals surface area contributed by atoms with E-state index < -0.39 is 0 Å². The summed E-state index contributed by atoms with van der Waals surface area (Å²) >= 11 is 1.91. The number of hydrogen-bond acceptors (Lipinski definition) is 3. The van der Waals surface area contributed by atoms with Crippen LogP contribution in [0.25, 0.3) is 0 Å². The Hall–Kier alpha value is 0.270. The molecule has 1 atom stereocenters. The van der Waals surface area contributed by atoms with E-state index in [9.17, 15) is 0 Å². The molecule has 0 radical (unpaired) electrons. The Morgan fingerprint density at radius 1 is 1.36 bits per heavy atom. The van der Waals surface area contributed by atoms with Crippen molar-refractivity contribution in [2.75, 3.05) is 32.1 Å². The van der Waals surface area contributed by atoms with Gasteiger partial charge in [-0.25, -0.2) is 0 Å². The molecule has 1 N–H and O–H groups in total. The predicted molar refractivity (Wildman–Crippen MR) is 68.2 cm³/mol. The molecule has 0 aliphatic heterocycles. The molecule has 0 fully saturated rings. The van der Waals surface area contributed by atoms with Gasteiger partial charge in [0.15, 0.2) is 0 Å². The summed E-state index contributed by atoms with van der Waals surface area (Å²) in [6, 6.07) is 0.612. The van der Waals surface area contributed by atoms with Crippen LogP contribution in [0.15, 0.2) is 0 Å². The maximum atomic E-state index is 3.53. The van der Waals surface area contributed by atoms with Gasteiger partial charge in [-0.2, -0.15) is 11.8 Å². The zero-order valence-electron chi connectivity index (χ0n) is 10.6. The minimum Gasteiger partial charge on any atom is -0.311 e. The van der Waals surface area contributed by atoms with Crippen molar-refractivity contribution in [1.29, 1.82) is 0 Å². The third kappa shape index (κ3) is 7.65. The average Bonchev–Trinajstić information content (AvgIpc) is 2.09. The largest absolute Gasteiger partial charge is 0.311 e. The highest BCUT2D eigenvalue weighted by molar-refractivity contribution is 7.98. The van der Waals surface area contributed by atoms with Crippen LogP contribution in [-0.2, 0) is 0 Å². The molecule has 0 aromatic carbocycles. The number of nitrogens with zero attached hydrogens (tertiary/aromatic N) is 1. The van der Waals surface area contributed by atoms with Gasteiger partial charge in [-0.05, 0) is 41.0 Å². The highest BCUT2D eigenvalue weighted by Crippen LogP contribution is 2.02. The molecule has 0 aliphatic rings. The van der Waals surface area contributed by atoms with Crippen molar-refractivity contribution in [3.8, 4) is 0 Å². The molecular formula is C11H26N2S. The van der Waals surface area contributed by atoms with E-state index >= 15 is 0 Å². The first-order chi connectivity index (χ1) is 6.37. The lowest BCUT2D eigenvalue weighted by atomic mass is 10.1. The molecule has 2 nitrogen and oxygen atoms in total. The fraction of sp³-hybridized carbons (Fsp3) is 1.00. The number of hydrogen-bond donors (Lipinski definition) is 1. The molecular weight excluding hydrogens is 192 g/mol. The van der Waals surface area contributed by atoms with Gasteiger partial charge in [-0.3, -0.25) is 0 Å². The van der Waals surface area contributed by atoms with Crippen molar-refractivity contribution < 1.29 is 0 Å². The van der Waals surface area contributed by atoms with Crippen molar-refractivity contribution in [1.82, 2.24) is 10.2 Å². The van der Waals surface area contributed by atoms with Crippen LogP contribution >= 0.6 is 11.8 Å². The quantitative estimate of drug-likeness (QED) is 0.735. The molecule has 0 rings (SSSR count). The predicted octanol–water partition coefficient (Wildman–Crippen LogP) is 2.06. The topological polar surface area (TPSA) is 15.3 Å². The Balaban J connectivity index is 3.67. The van der Waals surface area contributed by atoms with E-state index in [1.807, 2.05) is 11.8 Å². The maximum absolute atomic E-state index is 3.53. The molecule has 0 saturated heterocycles. The summed E-state index contributed by atoms with van der Waals surface area (Å²) in [5, 5.41) is 3.53. The molecule has 3 heteroatoms. The third-order valence-corrected chi connectivity index (χ3v) is 2.92. The Kier molecular flexibility index (Phi) is 6.83.